The van der Waals surface area contributed by atoms with Crippen LogP contribution in [0.5, 0.6) is 0 Å². The van der Waals surface area contributed by atoms with Gasteiger partial charge in [0.1, 0.15) is 0 Å². The third-order valence-electron chi connectivity index (χ3n) is 7.61. The monoisotopic (exact) mass is 548 g/mol. The van der Waals surface area contributed by atoms with E-state index in [0.717, 1.165) is 46.6 Å². The number of fused-ring (bicyclic) bond motifs is 1. The molecule has 1 amide bonds. The summed E-state index contributed by atoms with van der Waals surface area (Å²) in [7, 11) is 0. The van der Waals surface area contributed by atoms with Crippen molar-refractivity contribution in [1.82, 2.24) is 9.88 Å². The molecule has 0 atom stereocenters. The Kier molecular flexibility index (Phi) is 8.00. The molecule has 0 aliphatic heterocycles. The molecule has 36 heavy (non-hydrogen) atoms. The van der Waals surface area contributed by atoms with E-state index in [0.29, 0.717) is 11.3 Å². The average molecular weight is 550 g/mol. The fourth-order valence-corrected chi connectivity index (χ4v) is 6.24. The van der Waals surface area contributed by atoms with Crippen LogP contribution in [0.25, 0.3) is 22.2 Å². The van der Waals surface area contributed by atoms with Gasteiger partial charge in [-0.2, -0.15) is 0 Å². The van der Waals surface area contributed by atoms with Gasteiger partial charge in [-0.25, -0.2) is 9.78 Å². The number of pyridine rings is 1. The number of carbonyl (C=O) groups excluding carboxylic acids is 2. The standard InChI is InChI=1S/C30H33BrN2O3/c31-22-11-9-10-21(18-22)28-19-26(25-16-7-8-17-27(25)32-28)30(35)36-20-29(34)33(23-12-3-1-4-13-23)24-14-5-2-6-15-24/h7-11,16-19,23-24H,1-6,12-15,20H2. The number of carbonyl (C=O) groups is 2. The number of halogens is 1. The van der Waals surface area contributed by atoms with Crippen LogP contribution in [0.3, 0.4) is 0 Å². The van der Waals surface area contributed by atoms with Crippen LogP contribution in [-0.4, -0.2) is 40.5 Å². The van der Waals surface area contributed by atoms with Gasteiger partial charge in [-0.05, 0) is 49.9 Å². The van der Waals surface area contributed by atoms with Gasteiger partial charge in [0, 0.05) is 27.5 Å². The molecule has 2 fully saturated rings. The summed E-state index contributed by atoms with van der Waals surface area (Å²) >= 11 is 3.51. The van der Waals surface area contributed by atoms with Crippen molar-refractivity contribution < 1.29 is 14.3 Å². The van der Waals surface area contributed by atoms with Gasteiger partial charge in [0.15, 0.2) is 6.61 Å². The second-order valence-corrected chi connectivity index (χ2v) is 11.0. The highest BCUT2D eigenvalue weighted by atomic mass is 79.9. The maximum absolute atomic E-state index is 13.5. The van der Waals surface area contributed by atoms with Crippen molar-refractivity contribution in [3.8, 4) is 11.3 Å². The SMILES string of the molecule is O=C(OCC(=O)N(C1CCCCC1)C1CCCCC1)c1cc(-c2cccc(Br)c2)nc2ccccc12. The Morgan fingerprint density at radius 2 is 1.53 bits per heavy atom. The summed E-state index contributed by atoms with van der Waals surface area (Å²) in [4.78, 5) is 33.7. The number of hydrogen-bond acceptors (Lipinski definition) is 4. The van der Waals surface area contributed by atoms with E-state index < -0.39 is 5.97 Å². The van der Waals surface area contributed by atoms with Crippen LogP contribution in [0, 0.1) is 0 Å². The first-order valence-electron chi connectivity index (χ1n) is 13.2. The number of esters is 1. The Morgan fingerprint density at radius 1 is 0.861 bits per heavy atom. The van der Waals surface area contributed by atoms with E-state index >= 15 is 0 Å². The van der Waals surface area contributed by atoms with Crippen molar-refractivity contribution in [2.45, 2.75) is 76.3 Å². The molecule has 2 saturated carbocycles. The molecule has 2 aliphatic carbocycles. The lowest BCUT2D eigenvalue weighted by Gasteiger charge is -2.41. The number of nitrogens with zero attached hydrogens (tertiary/aromatic N) is 2. The molecule has 1 heterocycles. The minimum Gasteiger partial charge on any atom is -0.452 e. The van der Waals surface area contributed by atoms with Gasteiger partial charge in [-0.3, -0.25) is 4.79 Å². The van der Waals surface area contributed by atoms with Gasteiger partial charge in [0.2, 0.25) is 0 Å². The van der Waals surface area contributed by atoms with E-state index in [4.69, 9.17) is 9.72 Å². The molecule has 0 N–H and O–H groups in total. The zero-order valence-electron chi connectivity index (χ0n) is 20.6. The third-order valence-corrected chi connectivity index (χ3v) is 8.10. The smallest absolute Gasteiger partial charge is 0.339 e. The third kappa shape index (κ3) is 5.64. The Bertz CT molecular complexity index is 1210. The summed E-state index contributed by atoms with van der Waals surface area (Å²) < 4.78 is 6.65. The number of amides is 1. The van der Waals surface area contributed by atoms with E-state index in [2.05, 4.69) is 20.8 Å². The molecule has 0 unspecified atom stereocenters. The van der Waals surface area contributed by atoms with Crippen molar-refractivity contribution in [3.63, 3.8) is 0 Å². The molecule has 1 aromatic heterocycles. The maximum atomic E-state index is 13.5. The van der Waals surface area contributed by atoms with E-state index in [1.54, 1.807) is 6.07 Å². The van der Waals surface area contributed by atoms with Crippen LogP contribution in [0.1, 0.15) is 74.6 Å². The number of rotatable bonds is 6. The fraction of sp³-hybridized carbons (Fsp3) is 0.433. The molecule has 2 aliphatic rings. The minimum absolute atomic E-state index is 0.0484. The van der Waals surface area contributed by atoms with E-state index in [1.807, 2.05) is 48.5 Å². The average Bonchev–Trinajstić information content (AvgIpc) is 2.92. The Hall–Kier alpha value is -2.73. The van der Waals surface area contributed by atoms with Gasteiger partial charge in [-0.1, -0.05) is 84.8 Å². The largest absolute Gasteiger partial charge is 0.452 e. The fourth-order valence-electron chi connectivity index (χ4n) is 5.84. The van der Waals surface area contributed by atoms with Crippen molar-refractivity contribution in [2.75, 3.05) is 6.61 Å². The van der Waals surface area contributed by atoms with Crippen LogP contribution in [-0.2, 0) is 9.53 Å². The predicted molar refractivity (Wildman–Crippen MR) is 146 cm³/mol. The van der Waals surface area contributed by atoms with Gasteiger partial charge in [0.25, 0.3) is 5.91 Å². The lowest BCUT2D eigenvalue weighted by atomic mass is 9.88. The molecule has 6 heteroatoms. The van der Waals surface area contributed by atoms with Crippen LogP contribution in [0.2, 0.25) is 0 Å². The minimum atomic E-state index is -0.481. The van der Waals surface area contributed by atoms with E-state index in [1.165, 1.54) is 38.5 Å². The first kappa shape index (κ1) is 24.9. The highest BCUT2D eigenvalue weighted by Crippen LogP contribution is 2.31. The lowest BCUT2D eigenvalue weighted by Crippen LogP contribution is -2.50. The van der Waals surface area contributed by atoms with Crippen LogP contribution < -0.4 is 0 Å². The maximum Gasteiger partial charge on any atom is 0.339 e. The molecule has 2 aromatic carbocycles. The summed E-state index contributed by atoms with van der Waals surface area (Å²) in [5.74, 6) is -0.529. The van der Waals surface area contributed by atoms with E-state index in [-0.39, 0.29) is 24.6 Å². The highest BCUT2D eigenvalue weighted by Gasteiger charge is 2.33. The van der Waals surface area contributed by atoms with Gasteiger partial charge >= 0.3 is 5.97 Å². The van der Waals surface area contributed by atoms with Crippen molar-refractivity contribution in [3.05, 3.63) is 64.6 Å². The van der Waals surface area contributed by atoms with Crippen LogP contribution in [0.15, 0.2) is 59.1 Å². The zero-order chi connectivity index (χ0) is 24.9. The second-order valence-electron chi connectivity index (χ2n) is 10.0. The number of aromatic nitrogens is 1. The number of benzene rings is 2. The second kappa shape index (κ2) is 11.5. The summed E-state index contributed by atoms with van der Waals surface area (Å²) in [5, 5.41) is 0.727. The molecular weight excluding hydrogens is 516 g/mol. The van der Waals surface area contributed by atoms with Crippen molar-refractivity contribution in [2.24, 2.45) is 0 Å². The predicted octanol–water partition coefficient (Wildman–Crippen LogP) is 7.32. The Labute approximate surface area is 221 Å². The Morgan fingerprint density at radius 3 is 2.19 bits per heavy atom. The van der Waals surface area contributed by atoms with Gasteiger partial charge < -0.3 is 9.64 Å². The zero-order valence-corrected chi connectivity index (χ0v) is 22.2. The molecule has 188 valence electrons. The first-order chi connectivity index (χ1) is 17.6. The molecule has 5 rings (SSSR count). The quantitative estimate of drug-likeness (QED) is 0.303. The van der Waals surface area contributed by atoms with Crippen molar-refractivity contribution in [1.29, 1.82) is 0 Å². The van der Waals surface area contributed by atoms with Gasteiger partial charge in [0.05, 0.1) is 16.8 Å². The molecule has 0 spiro atoms. The molecular formula is C30H33BrN2O3. The first-order valence-corrected chi connectivity index (χ1v) is 14.0. The normalized spacial score (nSPS) is 17.1. The molecule has 0 saturated heterocycles. The van der Waals surface area contributed by atoms with Crippen LogP contribution >= 0.6 is 15.9 Å². The summed E-state index contributed by atoms with van der Waals surface area (Å²) in [6.45, 7) is -0.214. The molecule has 0 bridgehead atoms. The highest BCUT2D eigenvalue weighted by molar-refractivity contribution is 9.10. The summed E-state index contributed by atoms with van der Waals surface area (Å²) in [5.41, 5.74) is 2.75. The topological polar surface area (TPSA) is 59.5 Å². The molecule has 5 nitrogen and oxygen atoms in total. The number of para-hydroxylation sites is 1. The van der Waals surface area contributed by atoms with E-state index in [9.17, 15) is 9.59 Å². The number of ether oxygens (including phenoxy) is 1. The summed E-state index contributed by atoms with van der Waals surface area (Å²) in [6, 6.07) is 17.7. The van der Waals surface area contributed by atoms with Crippen molar-refractivity contribution >= 4 is 38.7 Å². The number of hydrogen-bond donors (Lipinski definition) is 0. The van der Waals surface area contributed by atoms with Crippen LogP contribution in [0.4, 0.5) is 0 Å². The summed E-state index contributed by atoms with van der Waals surface area (Å²) in [6.07, 6.45) is 11.4. The molecule has 0 radical (unpaired) electrons. The van der Waals surface area contributed by atoms with Gasteiger partial charge in [-0.15, -0.1) is 0 Å². The lowest BCUT2D eigenvalue weighted by molar-refractivity contribution is -0.141. The Balaban J connectivity index is 1.38. The molecule has 3 aromatic rings.